The molecule has 0 aliphatic rings. The second kappa shape index (κ2) is 5.88. The Balaban J connectivity index is 2.25. The summed E-state index contributed by atoms with van der Waals surface area (Å²) in [4.78, 5) is 14.9. The molecule has 0 unspecified atom stereocenters. The lowest BCUT2D eigenvalue weighted by Crippen LogP contribution is -2.07. The first kappa shape index (κ1) is 14.3. The molecule has 0 fully saturated rings. The molecule has 1 N–H and O–H groups in total. The number of anilines is 1. The van der Waals surface area contributed by atoms with E-state index in [0.29, 0.717) is 28.4 Å². The molecule has 0 spiro atoms. The monoisotopic (exact) mass is 291 g/mol. The molecule has 2 aromatic rings. The van der Waals surface area contributed by atoms with Crippen LogP contribution in [-0.2, 0) is 6.54 Å². The third-order valence-electron chi connectivity index (χ3n) is 3.08. The number of aromatic nitrogens is 1. The van der Waals surface area contributed by atoms with E-state index in [1.54, 1.807) is 19.9 Å². The van der Waals surface area contributed by atoms with Crippen LogP contribution in [0.5, 0.6) is 0 Å². The van der Waals surface area contributed by atoms with Gasteiger partial charge < -0.3 is 5.32 Å². The van der Waals surface area contributed by atoms with Gasteiger partial charge in [0.15, 0.2) is 0 Å². The smallest absolute Gasteiger partial charge is 0.278 e. The van der Waals surface area contributed by atoms with E-state index in [4.69, 9.17) is 11.6 Å². The van der Waals surface area contributed by atoms with Gasteiger partial charge in [-0.15, -0.1) is 0 Å². The molecule has 0 atom stereocenters. The minimum atomic E-state index is -0.370. The number of nitrogens with zero attached hydrogens (tertiary/aromatic N) is 2. The maximum absolute atomic E-state index is 11.1. The van der Waals surface area contributed by atoms with Crippen LogP contribution >= 0.6 is 11.6 Å². The number of hydrogen-bond donors (Lipinski definition) is 1. The van der Waals surface area contributed by atoms with E-state index in [2.05, 4.69) is 10.3 Å². The van der Waals surface area contributed by atoms with Crippen LogP contribution in [0.2, 0.25) is 5.02 Å². The summed E-state index contributed by atoms with van der Waals surface area (Å²) in [6.07, 6.45) is 1.52. The predicted molar refractivity (Wildman–Crippen MR) is 79.1 cm³/mol. The molecule has 1 heterocycles. The van der Waals surface area contributed by atoms with Gasteiger partial charge in [-0.05, 0) is 26.0 Å². The Morgan fingerprint density at radius 3 is 2.70 bits per heavy atom. The summed E-state index contributed by atoms with van der Waals surface area (Å²) in [5.41, 5.74) is 2.68. The Kier molecular flexibility index (Phi) is 4.20. The van der Waals surface area contributed by atoms with Gasteiger partial charge in [-0.2, -0.15) is 0 Å². The summed E-state index contributed by atoms with van der Waals surface area (Å²) >= 11 is 6.05. The zero-order chi connectivity index (χ0) is 14.7. The summed E-state index contributed by atoms with van der Waals surface area (Å²) in [5, 5.41) is 14.8. The molecule has 0 saturated carbocycles. The number of rotatable bonds is 4. The first-order valence-electron chi connectivity index (χ1n) is 6.08. The summed E-state index contributed by atoms with van der Waals surface area (Å²) in [5.74, 6) is 0. The lowest BCUT2D eigenvalue weighted by Gasteiger charge is -2.10. The standard InChI is InChI=1S/C14H14ClN3O2/c1-9-7-16-13(10(2)14(9)18(19)20)8-17-12-6-4-3-5-11(12)15/h3-7,17H,8H2,1-2H3. The number of nitrogens with one attached hydrogen (secondary N) is 1. The molecule has 0 radical (unpaired) electrons. The molecule has 1 aromatic heterocycles. The number of halogens is 1. The van der Waals surface area contributed by atoms with Gasteiger partial charge >= 0.3 is 0 Å². The highest BCUT2D eigenvalue weighted by Crippen LogP contribution is 2.26. The van der Waals surface area contributed by atoms with E-state index >= 15 is 0 Å². The SMILES string of the molecule is Cc1cnc(CNc2ccccc2Cl)c(C)c1[N+](=O)[O-]. The van der Waals surface area contributed by atoms with Crippen LogP contribution in [0, 0.1) is 24.0 Å². The third-order valence-corrected chi connectivity index (χ3v) is 3.41. The van der Waals surface area contributed by atoms with E-state index in [9.17, 15) is 10.1 Å². The van der Waals surface area contributed by atoms with Crippen molar-refractivity contribution in [3.8, 4) is 0 Å². The van der Waals surface area contributed by atoms with Crippen LogP contribution in [0.4, 0.5) is 11.4 Å². The Morgan fingerprint density at radius 1 is 1.35 bits per heavy atom. The lowest BCUT2D eigenvalue weighted by molar-refractivity contribution is -0.386. The number of benzene rings is 1. The molecule has 104 valence electrons. The number of nitro groups is 1. The van der Waals surface area contributed by atoms with Gasteiger partial charge in [0, 0.05) is 11.8 Å². The average Bonchev–Trinajstić information content (AvgIpc) is 2.39. The van der Waals surface area contributed by atoms with Crippen LogP contribution in [0.3, 0.4) is 0 Å². The van der Waals surface area contributed by atoms with Crippen molar-refractivity contribution in [2.24, 2.45) is 0 Å². The Bertz CT molecular complexity index is 659. The zero-order valence-electron chi connectivity index (χ0n) is 11.2. The van der Waals surface area contributed by atoms with Crippen molar-refractivity contribution >= 4 is 23.0 Å². The molecule has 0 aliphatic carbocycles. The molecule has 0 aliphatic heterocycles. The highest BCUT2D eigenvalue weighted by atomic mass is 35.5. The van der Waals surface area contributed by atoms with E-state index in [-0.39, 0.29) is 10.6 Å². The van der Waals surface area contributed by atoms with Gasteiger partial charge in [0.1, 0.15) is 0 Å². The van der Waals surface area contributed by atoms with E-state index in [1.165, 1.54) is 6.20 Å². The van der Waals surface area contributed by atoms with Gasteiger partial charge in [-0.3, -0.25) is 15.1 Å². The zero-order valence-corrected chi connectivity index (χ0v) is 11.9. The fourth-order valence-electron chi connectivity index (χ4n) is 2.01. The number of hydrogen-bond acceptors (Lipinski definition) is 4. The highest BCUT2D eigenvalue weighted by Gasteiger charge is 2.18. The molecule has 5 nitrogen and oxygen atoms in total. The van der Waals surface area contributed by atoms with Gasteiger partial charge in [-0.25, -0.2) is 0 Å². The fraction of sp³-hybridized carbons (Fsp3) is 0.214. The van der Waals surface area contributed by atoms with E-state index < -0.39 is 0 Å². The molecule has 0 saturated heterocycles. The molecule has 0 amide bonds. The van der Waals surface area contributed by atoms with Crippen LogP contribution in [0.25, 0.3) is 0 Å². The Hall–Kier alpha value is -2.14. The third kappa shape index (κ3) is 2.88. The van der Waals surface area contributed by atoms with Crippen molar-refractivity contribution in [1.82, 2.24) is 4.98 Å². The van der Waals surface area contributed by atoms with Gasteiger partial charge in [-0.1, -0.05) is 23.7 Å². The largest absolute Gasteiger partial charge is 0.378 e. The van der Waals surface area contributed by atoms with Crippen molar-refractivity contribution in [1.29, 1.82) is 0 Å². The van der Waals surface area contributed by atoms with Crippen molar-refractivity contribution < 1.29 is 4.92 Å². The van der Waals surface area contributed by atoms with Crippen molar-refractivity contribution in [2.45, 2.75) is 20.4 Å². The molecule has 20 heavy (non-hydrogen) atoms. The summed E-state index contributed by atoms with van der Waals surface area (Å²) < 4.78 is 0. The second-order valence-corrected chi connectivity index (χ2v) is 4.86. The first-order valence-corrected chi connectivity index (χ1v) is 6.46. The van der Waals surface area contributed by atoms with Crippen molar-refractivity contribution in [2.75, 3.05) is 5.32 Å². The normalized spacial score (nSPS) is 10.3. The molecule has 1 aromatic carbocycles. The summed E-state index contributed by atoms with van der Waals surface area (Å²) in [7, 11) is 0. The van der Waals surface area contributed by atoms with Crippen LogP contribution in [0.1, 0.15) is 16.8 Å². The van der Waals surface area contributed by atoms with Crippen LogP contribution < -0.4 is 5.32 Å². The average molecular weight is 292 g/mol. The molecular weight excluding hydrogens is 278 g/mol. The maximum Gasteiger partial charge on any atom is 0.278 e. The summed E-state index contributed by atoms with van der Waals surface area (Å²) in [6.45, 7) is 3.78. The van der Waals surface area contributed by atoms with Gasteiger partial charge in [0.05, 0.1) is 33.4 Å². The van der Waals surface area contributed by atoms with E-state index in [1.807, 2.05) is 18.2 Å². The first-order chi connectivity index (χ1) is 9.50. The highest BCUT2D eigenvalue weighted by molar-refractivity contribution is 6.33. The van der Waals surface area contributed by atoms with Crippen molar-refractivity contribution in [3.63, 3.8) is 0 Å². The van der Waals surface area contributed by atoms with Gasteiger partial charge in [0.2, 0.25) is 0 Å². The van der Waals surface area contributed by atoms with Gasteiger partial charge in [0.25, 0.3) is 5.69 Å². The Morgan fingerprint density at radius 2 is 2.05 bits per heavy atom. The minimum absolute atomic E-state index is 0.121. The summed E-state index contributed by atoms with van der Waals surface area (Å²) in [6, 6.07) is 7.34. The maximum atomic E-state index is 11.1. The van der Waals surface area contributed by atoms with E-state index in [0.717, 1.165) is 5.69 Å². The Labute approximate surface area is 121 Å². The number of aryl methyl sites for hydroxylation is 1. The molecule has 2 rings (SSSR count). The van der Waals surface area contributed by atoms with Crippen LogP contribution in [0.15, 0.2) is 30.5 Å². The fourth-order valence-corrected chi connectivity index (χ4v) is 2.21. The predicted octanol–water partition coefficient (Wildman–Crippen LogP) is 3.87. The molecular formula is C14H14ClN3O2. The van der Waals surface area contributed by atoms with Crippen LogP contribution in [-0.4, -0.2) is 9.91 Å². The number of pyridine rings is 1. The molecule has 6 heteroatoms. The molecule has 0 bridgehead atoms. The second-order valence-electron chi connectivity index (χ2n) is 4.45. The quantitative estimate of drug-likeness (QED) is 0.686. The minimum Gasteiger partial charge on any atom is -0.378 e. The van der Waals surface area contributed by atoms with Crippen molar-refractivity contribution in [3.05, 3.63) is 62.4 Å². The lowest BCUT2D eigenvalue weighted by atomic mass is 10.1. The topological polar surface area (TPSA) is 68.1 Å². The number of para-hydroxylation sites is 1.